The van der Waals surface area contributed by atoms with Crippen molar-refractivity contribution in [3.8, 4) is 5.82 Å². The summed E-state index contributed by atoms with van der Waals surface area (Å²) in [7, 11) is -3.66. The normalized spacial score (nSPS) is 15.2. The molecule has 3 aromatic rings. The Balaban J connectivity index is 1.23. The lowest BCUT2D eigenvalue weighted by Crippen LogP contribution is -2.33. The number of carbonyl (C=O) groups is 1. The number of nitrogens with one attached hydrogen (secondary N) is 2. The number of anilines is 2. The molecule has 0 saturated heterocycles. The van der Waals surface area contributed by atoms with Gasteiger partial charge in [-0.25, -0.2) is 27.8 Å². The third kappa shape index (κ3) is 3.84. The standard InChI is InChI=1S/C21H23N7O3S/c1-14-4-9-28(26-14)19-12-18(23-13-24-19)22-6-7-25-32(30,31)17-10-15-2-3-20(29)27-8-5-16(11-17)21(15)27/h4,9-13,25H,2-3,5-8H2,1H3,(H,22,23,24). The quantitative estimate of drug-likeness (QED) is 0.516. The molecule has 10 nitrogen and oxygen atoms in total. The molecule has 1 aromatic carbocycles. The fourth-order valence-corrected chi connectivity index (χ4v) is 5.28. The van der Waals surface area contributed by atoms with Crippen LogP contribution in [0.25, 0.3) is 5.82 Å². The molecule has 0 spiro atoms. The van der Waals surface area contributed by atoms with Gasteiger partial charge in [0.05, 0.1) is 16.3 Å². The van der Waals surface area contributed by atoms with E-state index in [2.05, 4.69) is 25.1 Å². The predicted octanol–water partition coefficient (Wildman–Crippen LogP) is 1.20. The summed E-state index contributed by atoms with van der Waals surface area (Å²) >= 11 is 0. The van der Waals surface area contributed by atoms with Crippen LogP contribution < -0.4 is 14.9 Å². The molecule has 4 heterocycles. The maximum atomic E-state index is 12.9. The van der Waals surface area contributed by atoms with E-state index in [4.69, 9.17) is 0 Å². The minimum Gasteiger partial charge on any atom is -0.369 e. The maximum Gasteiger partial charge on any atom is 0.240 e. The number of nitrogens with zero attached hydrogens (tertiary/aromatic N) is 5. The molecule has 2 aliphatic rings. The average Bonchev–Trinajstić information content (AvgIpc) is 3.41. The molecule has 0 bridgehead atoms. The molecule has 11 heteroatoms. The smallest absolute Gasteiger partial charge is 0.240 e. The lowest BCUT2D eigenvalue weighted by Gasteiger charge is -2.25. The highest BCUT2D eigenvalue weighted by molar-refractivity contribution is 7.89. The maximum absolute atomic E-state index is 12.9. The van der Waals surface area contributed by atoms with Gasteiger partial charge < -0.3 is 10.2 Å². The molecule has 2 aromatic heterocycles. The molecule has 0 atom stereocenters. The Morgan fingerprint density at radius 3 is 2.66 bits per heavy atom. The molecule has 0 unspecified atom stereocenters. The van der Waals surface area contributed by atoms with Crippen LogP contribution in [0.2, 0.25) is 0 Å². The van der Waals surface area contributed by atoms with E-state index in [1.54, 1.807) is 27.8 Å². The number of sulfonamides is 1. The Morgan fingerprint density at radius 2 is 1.88 bits per heavy atom. The molecule has 2 aliphatic heterocycles. The van der Waals surface area contributed by atoms with E-state index < -0.39 is 10.0 Å². The van der Waals surface area contributed by atoms with Gasteiger partial charge in [-0.1, -0.05) is 0 Å². The van der Waals surface area contributed by atoms with E-state index in [0.717, 1.165) is 22.5 Å². The van der Waals surface area contributed by atoms with E-state index in [1.165, 1.54) is 6.33 Å². The second-order valence-corrected chi connectivity index (χ2v) is 9.64. The summed E-state index contributed by atoms with van der Waals surface area (Å²) in [5.74, 6) is 1.32. The van der Waals surface area contributed by atoms with Crippen molar-refractivity contribution in [2.75, 3.05) is 29.9 Å². The predicted molar refractivity (Wildman–Crippen MR) is 118 cm³/mol. The summed E-state index contributed by atoms with van der Waals surface area (Å²) in [6.45, 7) is 3.07. The minimum atomic E-state index is -3.66. The Bertz CT molecular complexity index is 1300. The zero-order valence-electron chi connectivity index (χ0n) is 17.6. The summed E-state index contributed by atoms with van der Waals surface area (Å²) in [4.78, 5) is 22.5. The molecule has 166 valence electrons. The monoisotopic (exact) mass is 453 g/mol. The average molecular weight is 454 g/mol. The molecule has 0 saturated carbocycles. The fraction of sp³-hybridized carbons (Fsp3) is 0.333. The van der Waals surface area contributed by atoms with Crippen molar-refractivity contribution in [3.63, 3.8) is 0 Å². The first-order chi connectivity index (χ1) is 15.4. The van der Waals surface area contributed by atoms with E-state index in [-0.39, 0.29) is 17.3 Å². The summed E-state index contributed by atoms with van der Waals surface area (Å²) in [5, 5.41) is 7.43. The van der Waals surface area contributed by atoms with Gasteiger partial charge in [-0.2, -0.15) is 5.10 Å². The van der Waals surface area contributed by atoms with Crippen molar-refractivity contribution < 1.29 is 13.2 Å². The molecule has 0 aliphatic carbocycles. The Morgan fingerprint density at radius 1 is 1.06 bits per heavy atom. The van der Waals surface area contributed by atoms with Gasteiger partial charge in [0.2, 0.25) is 15.9 Å². The van der Waals surface area contributed by atoms with Crippen LogP contribution >= 0.6 is 0 Å². The van der Waals surface area contributed by atoms with Crippen LogP contribution in [0.3, 0.4) is 0 Å². The van der Waals surface area contributed by atoms with Crippen molar-refractivity contribution in [1.82, 2.24) is 24.5 Å². The second kappa shape index (κ2) is 7.99. The number of benzene rings is 1. The second-order valence-electron chi connectivity index (χ2n) is 7.87. The number of hydrogen-bond acceptors (Lipinski definition) is 7. The largest absolute Gasteiger partial charge is 0.369 e. The molecule has 5 rings (SSSR count). The van der Waals surface area contributed by atoms with Gasteiger partial charge in [0.25, 0.3) is 0 Å². The van der Waals surface area contributed by atoms with Gasteiger partial charge in [0.1, 0.15) is 12.1 Å². The van der Waals surface area contributed by atoms with Crippen LogP contribution in [0.15, 0.2) is 41.7 Å². The molecule has 1 amide bonds. The Kier molecular flexibility index (Phi) is 5.14. The SMILES string of the molecule is Cc1ccn(-c2cc(NCCNS(=O)(=O)c3cc4c5c(c3)CCN5C(=O)CC4)ncn2)n1. The molecular formula is C21H23N7O3S. The van der Waals surface area contributed by atoms with E-state index in [0.29, 0.717) is 44.0 Å². The molecule has 0 radical (unpaired) electrons. The number of aromatic nitrogens is 4. The highest BCUT2D eigenvalue weighted by Crippen LogP contribution is 2.38. The van der Waals surface area contributed by atoms with Crippen LogP contribution in [-0.4, -0.2) is 53.7 Å². The Labute approximate surface area is 185 Å². The molecular weight excluding hydrogens is 430 g/mol. The van der Waals surface area contributed by atoms with E-state index in [1.807, 2.05) is 19.2 Å². The number of carbonyl (C=O) groups excluding carboxylic acids is 1. The van der Waals surface area contributed by atoms with E-state index >= 15 is 0 Å². The van der Waals surface area contributed by atoms with Crippen LogP contribution in [0.5, 0.6) is 0 Å². The molecule has 0 fully saturated rings. The summed E-state index contributed by atoms with van der Waals surface area (Å²) in [6, 6.07) is 7.02. The van der Waals surface area contributed by atoms with Crippen molar-refractivity contribution in [2.24, 2.45) is 0 Å². The molecule has 32 heavy (non-hydrogen) atoms. The lowest BCUT2D eigenvalue weighted by molar-refractivity contribution is -0.118. The van der Waals surface area contributed by atoms with Gasteiger partial charge in [-0.3, -0.25) is 4.79 Å². The Hall–Kier alpha value is -3.31. The van der Waals surface area contributed by atoms with Crippen molar-refractivity contribution in [3.05, 3.63) is 53.6 Å². The van der Waals surface area contributed by atoms with Crippen LogP contribution in [0.1, 0.15) is 23.2 Å². The minimum absolute atomic E-state index is 0.117. The topological polar surface area (TPSA) is 122 Å². The third-order valence-electron chi connectivity index (χ3n) is 5.67. The highest BCUT2D eigenvalue weighted by Gasteiger charge is 2.32. The zero-order chi connectivity index (χ0) is 22.3. The van der Waals surface area contributed by atoms with Crippen LogP contribution in [-0.2, 0) is 27.7 Å². The van der Waals surface area contributed by atoms with Gasteiger partial charge >= 0.3 is 0 Å². The molecule has 2 N–H and O–H groups in total. The van der Waals surface area contributed by atoms with Crippen LogP contribution in [0.4, 0.5) is 11.5 Å². The first-order valence-corrected chi connectivity index (χ1v) is 11.9. The van der Waals surface area contributed by atoms with Gasteiger partial charge in [0.15, 0.2) is 5.82 Å². The first kappa shape index (κ1) is 20.6. The number of amides is 1. The van der Waals surface area contributed by atoms with Crippen molar-refractivity contribution >= 4 is 27.4 Å². The van der Waals surface area contributed by atoms with E-state index in [9.17, 15) is 13.2 Å². The first-order valence-electron chi connectivity index (χ1n) is 10.4. The van der Waals surface area contributed by atoms with Gasteiger partial charge in [0, 0.05) is 38.3 Å². The highest BCUT2D eigenvalue weighted by atomic mass is 32.2. The zero-order valence-corrected chi connectivity index (χ0v) is 18.4. The van der Waals surface area contributed by atoms with Gasteiger partial charge in [-0.15, -0.1) is 0 Å². The van der Waals surface area contributed by atoms with Gasteiger partial charge in [-0.05, 0) is 49.1 Å². The number of rotatable bonds is 7. The van der Waals surface area contributed by atoms with Crippen molar-refractivity contribution in [1.29, 1.82) is 0 Å². The lowest BCUT2D eigenvalue weighted by atomic mass is 10.00. The summed E-state index contributed by atoms with van der Waals surface area (Å²) in [6.07, 6.45) is 4.93. The van der Waals surface area contributed by atoms with Crippen molar-refractivity contribution in [2.45, 2.75) is 31.1 Å². The summed E-state index contributed by atoms with van der Waals surface area (Å²) in [5.41, 5.74) is 3.65. The fourth-order valence-electron chi connectivity index (χ4n) is 4.15. The number of aryl methyl sites for hydroxylation is 2. The summed E-state index contributed by atoms with van der Waals surface area (Å²) < 4.78 is 30.0. The van der Waals surface area contributed by atoms with Crippen LogP contribution in [0, 0.1) is 6.92 Å². The third-order valence-corrected chi connectivity index (χ3v) is 7.11. The number of hydrogen-bond donors (Lipinski definition) is 2.